The molecule has 3 aromatic rings. The van der Waals surface area contributed by atoms with E-state index in [0.29, 0.717) is 11.1 Å². The summed E-state index contributed by atoms with van der Waals surface area (Å²) in [7, 11) is 1.19. The SMILES string of the molecule is CCCC=Cc1ccccc1C=CC(=O)NC1C(=O)N(C)C(=Cc2ccc(O)cc2)C(=O)N[C@H](CC(C)C)C(=O)N[C@H](Cc2ccccc2)C(=O)N[C@H]([C@@H](C)O)C(=O)N[C@H](CC(N)=O)C(=O)NC(CO)C(=O)O[C@@H]1C. The van der Waals surface area contributed by atoms with Gasteiger partial charge in [0.2, 0.25) is 35.4 Å². The first-order valence-electron chi connectivity index (χ1n) is 24.5. The molecule has 1 fully saturated rings. The van der Waals surface area contributed by atoms with Crippen molar-refractivity contribution in [1.82, 2.24) is 36.8 Å². The first-order valence-corrected chi connectivity index (χ1v) is 24.5. The van der Waals surface area contributed by atoms with Gasteiger partial charge in [0.05, 0.1) is 19.1 Å². The lowest BCUT2D eigenvalue weighted by molar-refractivity contribution is -0.157. The van der Waals surface area contributed by atoms with Gasteiger partial charge in [-0.2, -0.15) is 0 Å². The monoisotopic (exact) mass is 1040 g/mol. The third-order valence-electron chi connectivity index (χ3n) is 11.7. The zero-order chi connectivity index (χ0) is 55.4. The average molecular weight is 1040 g/mol. The molecule has 1 saturated heterocycles. The zero-order valence-corrected chi connectivity index (χ0v) is 42.8. The van der Waals surface area contributed by atoms with Crippen molar-refractivity contribution in [3.63, 3.8) is 0 Å². The van der Waals surface area contributed by atoms with Gasteiger partial charge < -0.3 is 62.6 Å². The summed E-state index contributed by atoms with van der Waals surface area (Å²) < 4.78 is 5.63. The number of primary amides is 1. The van der Waals surface area contributed by atoms with Gasteiger partial charge in [0.25, 0.3) is 11.8 Å². The quantitative estimate of drug-likeness (QED) is 0.0755. The number of allylic oxidation sites excluding steroid dienone is 1. The maximum atomic E-state index is 14.9. The fourth-order valence-electron chi connectivity index (χ4n) is 7.69. The van der Waals surface area contributed by atoms with Gasteiger partial charge in [-0.25, -0.2) is 4.79 Å². The van der Waals surface area contributed by atoms with Crippen LogP contribution in [0.1, 0.15) is 82.6 Å². The van der Waals surface area contributed by atoms with Crippen molar-refractivity contribution in [2.24, 2.45) is 11.7 Å². The molecule has 21 heteroatoms. The van der Waals surface area contributed by atoms with Crippen LogP contribution in [0.25, 0.3) is 18.2 Å². The Labute approximate surface area is 435 Å². The van der Waals surface area contributed by atoms with E-state index >= 15 is 0 Å². The Kier molecular flexibility index (Phi) is 22.9. The number of amides is 8. The van der Waals surface area contributed by atoms with Crippen LogP contribution in [0, 0.1) is 5.92 Å². The summed E-state index contributed by atoms with van der Waals surface area (Å²) in [6.45, 7) is 6.80. The second kappa shape index (κ2) is 28.9. The summed E-state index contributed by atoms with van der Waals surface area (Å²) in [5, 5.41) is 46.0. The summed E-state index contributed by atoms with van der Waals surface area (Å²) in [5.41, 5.74) is 7.28. The zero-order valence-electron chi connectivity index (χ0n) is 42.8. The van der Waals surface area contributed by atoms with Gasteiger partial charge in [-0.3, -0.25) is 38.4 Å². The molecule has 8 amide bonds. The van der Waals surface area contributed by atoms with Crippen molar-refractivity contribution >= 4 is 71.5 Å². The van der Waals surface area contributed by atoms with Crippen molar-refractivity contribution in [1.29, 1.82) is 0 Å². The minimum absolute atomic E-state index is 0.0228. The Bertz CT molecular complexity index is 2600. The molecule has 0 bridgehead atoms. The predicted octanol–water partition coefficient (Wildman–Crippen LogP) is 1.11. The first-order chi connectivity index (χ1) is 35.6. The maximum absolute atomic E-state index is 14.9. The van der Waals surface area contributed by atoms with Crippen LogP contribution < -0.4 is 37.6 Å². The highest BCUT2D eigenvalue weighted by Gasteiger charge is 2.39. The number of ether oxygens (including phenoxy) is 1. The number of hydrogen-bond acceptors (Lipinski definition) is 13. The summed E-state index contributed by atoms with van der Waals surface area (Å²) >= 11 is 0. The number of unbranched alkanes of at least 4 members (excludes halogenated alkanes) is 1. The van der Waals surface area contributed by atoms with E-state index in [-0.39, 0.29) is 30.1 Å². The van der Waals surface area contributed by atoms with Crippen molar-refractivity contribution in [2.75, 3.05) is 13.7 Å². The van der Waals surface area contributed by atoms with Crippen molar-refractivity contribution in [3.05, 3.63) is 119 Å². The van der Waals surface area contributed by atoms with Crippen LogP contribution in [0.4, 0.5) is 0 Å². The fourth-order valence-corrected chi connectivity index (χ4v) is 7.69. The molecule has 0 aromatic heterocycles. The summed E-state index contributed by atoms with van der Waals surface area (Å²) in [4.78, 5) is 127. The van der Waals surface area contributed by atoms with E-state index in [1.165, 1.54) is 50.4 Å². The number of phenolic OH excluding ortho intramolecular Hbond substituents is 1. The van der Waals surface area contributed by atoms with Gasteiger partial charge in [-0.1, -0.05) is 106 Å². The Morgan fingerprint density at radius 3 is 1.96 bits per heavy atom. The van der Waals surface area contributed by atoms with E-state index in [4.69, 9.17) is 10.5 Å². The van der Waals surface area contributed by atoms with Crippen LogP contribution in [0.15, 0.2) is 96.7 Å². The number of aromatic hydroxyl groups is 1. The number of benzene rings is 3. The molecular weight excluding hydrogens is 969 g/mol. The fraction of sp³-hybridized carbons (Fsp3) is 0.389. The molecule has 3 aromatic carbocycles. The summed E-state index contributed by atoms with van der Waals surface area (Å²) in [5.74, 6) is -10.1. The molecule has 0 spiro atoms. The van der Waals surface area contributed by atoms with Crippen molar-refractivity contribution in [3.8, 4) is 5.75 Å². The number of nitrogens with one attached hydrogen (secondary N) is 6. The number of aliphatic hydroxyl groups is 2. The van der Waals surface area contributed by atoms with Crippen LogP contribution in [-0.2, 0) is 54.3 Å². The van der Waals surface area contributed by atoms with Gasteiger partial charge in [-0.05, 0) is 79.1 Å². The number of aliphatic hydroxyl groups excluding tert-OH is 2. The van der Waals surface area contributed by atoms with Crippen LogP contribution in [0.3, 0.4) is 0 Å². The minimum Gasteiger partial charge on any atom is -0.508 e. The Hall–Kier alpha value is -8.17. The van der Waals surface area contributed by atoms with Gasteiger partial charge in [0, 0.05) is 19.5 Å². The molecule has 1 aliphatic rings. The molecule has 2 unspecified atom stereocenters. The van der Waals surface area contributed by atoms with E-state index in [1.54, 1.807) is 56.3 Å². The van der Waals surface area contributed by atoms with E-state index < -0.39 is 120 Å². The van der Waals surface area contributed by atoms with Crippen molar-refractivity contribution in [2.45, 2.75) is 115 Å². The van der Waals surface area contributed by atoms with Gasteiger partial charge in [0.15, 0.2) is 6.04 Å². The standard InChI is InChI=1S/C54H68N8O13/c1-7-8-10-17-36-18-13-14-19-37(36)22-25-45(67)60-47-33(5)75-54(74)42(30-63)59-49(69)41(29-44(55)66)58-52(72)46(32(4)64)61-50(70)40(27-34-15-11-9-12-16-34)56-48(68)39(26-31(2)3)57-51(71)43(62(6)53(47)73)28-35-20-23-38(65)24-21-35/h9-25,28,31-33,39-42,46-47,63-65H,7-8,26-27,29-30H2,1-6H3,(H2,55,66)(H,56,68)(H,57,71)(H,58,72)(H,59,69)(H,60,67)(H,61,70)/t32-,33-,39-,40-,41-,42?,46-,47?/m1/s1. The Morgan fingerprint density at radius 1 is 0.773 bits per heavy atom. The third kappa shape index (κ3) is 18.4. The lowest BCUT2D eigenvalue weighted by Gasteiger charge is -2.31. The first kappa shape index (κ1) is 59.4. The molecule has 4 rings (SSSR count). The van der Waals surface area contributed by atoms with Crippen LogP contribution in [-0.4, -0.2) is 136 Å². The lowest BCUT2D eigenvalue weighted by atomic mass is 10.00. The highest BCUT2D eigenvalue weighted by Crippen LogP contribution is 2.19. The van der Waals surface area contributed by atoms with Gasteiger partial charge >= 0.3 is 5.97 Å². The highest BCUT2D eigenvalue weighted by molar-refractivity contribution is 6.05. The lowest BCUT2D eigenvalue weighted by Crippen LogP contribution is -2.62. The largest absolute Gasteiger partial charge is 0.508 e. The second-order valence-electron chi connectivity index (χ2n) is 18.4. The predicted molar refractivity (Wildman–Crippen MR) is 278 cm³/mol. The number of carbonyl (C=O) groups is 9. The minimum atomic E-state index is -1.94. The maximum Gasteiger partial charge on any atom is 0.331 e. The number of hydrogen-bond donors (Lipinski definition) is 10. The highest BCUT2D eigenvalue weighted by atomic mass is 16.5. The molecule has 8 atom stereocenters. The normalized spacial score (nSPS) is 23.1. The van der Waals surface area contributed by atoms with Crippen LogP contribution in [0.5, 0.6) is 5.75 Å². The van der Waals surface area contributed by atoms with Crippen LogP contribution >= 0.6 is 0 Å². The summed E-state index contributed by atoms with van der Waals surface area (Å²) in [6.07, 6.45) is 5.12. The molecule has 1 heterocycles. The number of rotatable bonds is 15. The molecule has 0 radical (unpaired) electrons. The van der Waals surface area contributed by atoms with Gasteiger partial charge in [0.1, 0.15) is 47.8 Å². The molecule has 75 heavy (non-hydrogen) atoms. The number of cyclic esters (lactones) is 1. The van der Waals surface area contributed by atoms with E-state index in [2.05, 4.69) is 31.9 Å². The molecule has 402 valence electrons. The Morgan fingerprint density at radius 2 is 1.36 bits per heavy atom. The van der Waals surface area contributed by atoms with E-state index in [0.717, 1.165) is 36.3 Å². The van der Waals surface area contributed by atoms with E-state index in [9.17, 15) is 58.5 Å². The summed E-state index contributed by atoms with van der Waals surface area (Å²) in [6, 6.07) is 10.8. The van der Waals surface area contributed by atoms with E-state index in [1.807, 2.05) is 31.2 Å². The smallest absolute Gasteiger partial charge is 0.331 e. The number of likely N-dealkylation sites (N-methyl/N-ethyl adjacent to an activating group) is 1. The molecule has 0 saturated carbocycles. The number of esters is 1. The number of nitrogens with two attached hydrogens (primary N) is 1. The molecular formula is C54H68N8O13. The molecule has 0 aliphatic carbocycles. The van der Waals surface area contributed by atoms with Crippen LogP contribution in [0.2, 0.25) is 0 Å². The third-order valence-corrected chi connectivity index (χ3v) is 11.7. The number of nitrogens with zero attached hydrogens (tertiary/aromatic N) is 1. The molecule has 11 N–H and O–H groups in total. The number of phenols is 1. The number of carbonyl (C=O) groups excluding carboxylic acids is 9. The topological polar surface area (TPSA) is 325 Å². The Balaban J connectivity index is 1.91. The second-order valence-corrected chi connectivity index (χ2v) is 18.4. The average Bonchev–Trinajstić information content (AvgIpc) is 3.36. The molecule has 1 aliphatic heterocycles. The van der Waals surface area contributed by atoms with Gasteiger partial charge in [-0.15, -0.1) is 0 Å². The van der Waals surface area contributed by atoms with Crippen molar-refractivity contribution < 1.29 is 63.2 Å². The molecule has 21 nitrogen and oxygen atoms in total.